The fourth-order valence-electron chi connectivity index (χ4n) is 2.19. The second kappa shape index (κ2) is 3.58. The lowest BCUT2D eigenvalue weighted by atomic mass is 10.1. The van der Waals surface area contributed by atoms with Crippen molar-refractivity contribution in [2.75, 3.05) is 13.6 Å². The lowest BCUT2D eigenvalue weighted by Crippen LogP contribution is -2.39. The molecule has 0 aromatic carbocycles. The van der Waals surface area contributed by atoms with Gasteiger partial charge in [-0.2, -0.15) is 0 Å². The van der Waals surface area contributed by atoms with Crippen molar-refractivity contribution in [1.82, 2.24) is 9.88 Å². The Labute approximate surface area is 104 Å². The van der Waals surface area contributed by atoms with E-state index >= 15 is 0 Å². The summed E-state index contributed by atoms with van der Waals surface area (Å²) < 4.78 is 0. The molecule has 92 valence electrons. The summed E-state index contributed by atoms with van der Waals surface area (Å²) >= 11 is 1.48. The highest BCUT2D eigenvalue weighted by atomic mass is 32.1. The van der Waals surface area contributed by atoms with E-state index in [-0.39, 0.29) is 11.8 Å². The average molecular weight is 252 g/mol. The third-order valence-electron chi connectivity index (χ3n) is 3.60. The number of hydrogen-bond donors (Lipinski definition) is 2. The number of nitrogens with zero attached hydrogens (tertiary/aromatic N) is 2. The number of fused-ring (bicyclic) bond motifs is 1. The van der Waals surface area contributed by atoms with Crippen LogP contribution in [-0.2, 0) is 13.0 Å². The maximum Gasteiger partial charge on any atom is 0.212 e. The Kier molecular flexibility index (Phi) is 2.38. The first-order valence-corrected chi connectivity index (χ1v) is 6.59. The minimum Gasteiger partial charge on any atom is -0.326 e. The van der Waals surface area contributed by atoms with E-state index in [1.54, 1.807) is 0 Å². The number of rotatable bonds is 2. The van der Waals surface area contributed by atoms with Crippen molar-refractivity contribution in [2.24, 2.45) is 11.5 Å². The topological polar surface area (TPSA) is 85.2 Å². The number of nitrogens with two attached hydrogens (primary N) is 2. The maximum absolute atomic E-state index is 12.2. The van der Waals surface area contributed by atoms with Crippen LogP contribution in [0.2, 0.25) is 0 Å². The van der Waals surface area contributed by atoms with Gasteiger partial charge < -0.3 is 16.4 Å². The van der Waals surface area contributed by atoms with Crippen LogP contribution in [0.4, 0.5) is 0 Å². The minimum atomic E-state index is -0.841. The molecule has 1 saturated carbocycles. The standard InChI is InChI=1S/C11H16N4OS/c1-15-3-2-6-7(5-15)17-10(14-6)9(16)11(13)4-8(11)12/h8H,2-5,12-13H2,1H3. The second-order valence-corrected chi connectivity index (χ2v) is 6.14. The Balaban J connectivity index is 1.88. The summed E-state index contributed by atoms with van der Waals surface area (Å²) in [5.41, 5.74) is 11.9. The molecule has 5 nitrogen and oxygen atoms in total. The van der Waals surface area contributed by atoms with E-state index in [0.29, 0.717) is 11.4 Å². The minimum absolute atomic E-state index is 0.0768. The second-order valence-electron chi connectivity index (χ2n) is 5.06. The van der Waals surface area contributed by atoms with E-state index in [1.807, 2.05) is 0 Å². The zero-order valence-corrected chi connectivity index (χ0v) is 10.6. The van der Waals surface area contributed by atoms with Gasteiger partial charge in [0.05, 0.1) is 11.2 Å². The Morgan fingerprint density at radius 2 is 2.35 bits per heavy atom. The van der Waals surface area contributed by atoms with E-state index in [2.05, 4.69) is 16.9 Å². The largest absolute Gasteiger partial charge is 0.326 e. The van der Waals surface area contributed by atoms with Crippen molar-refractivity contribution < 1.29 is 4.79 Å². The van der Waals surface area contributed by atoms with Crippen LogP contribution in [-0.4, -0.2) is 40.8 Å². The van der Waals surface area contributed by atoms with E-state index in [1.165, 1.54) is 16.2 Å². The molecule has 1 fully saturated rings. The molecule has 0 amide bonds. The molecule has 3 rings (SSSR count). The van der Waals surface area contributed by atoms with Crippen LogP contribution in [0.1, 0.15) is 26.8 Å². The third-order valence-corrected chi connectivity index (χ3v) is 4.68. The van der Waals surface area contributed by atoms with Crippen molar-refractivity contribution in [3.8, 4) is 0 Å². The molecule has 6 heteroatoms. The van der Waals surface area contributed by atoms with Gasteiger partial charge in [-0.15, -0.1) is 11.3 Å². The number of ketones is 1. The van der Waals surface area contributed by atoms with Gasteiger partial charge in [-0.25, -0.2) is 4.98 Å². The first-order valence-electron chi connectivity index (χ1n) is 5.77. The average Bonchev–Trinajstić information content (AvgIpc) is 2.75. The molecule has 17 heavy (non-hydrogen) atoms. The number of likely N-dealkylation sites (N-methyl/N-ethyl adjacent to an activating group) is 1. The quantitative estimate of drug-likeness (QED) is 0.708. The zero-order valence-electron chi connectivity index (χ0n) is 9.77. The van der Waals surface area contributed by atoms with Crippen LogP contribution in [0.5, 0.6) is 0 Å². The molecular formula is C11H16N4OS. The molecule has 0 saturated heterocycles. The van der Waals surface area contributed by atoms with Crippen molar-refractivity contribution in [3.63, 3.8) is 0 Å². The van der Waals surface area contributed by atoms with Crippen LogP contribution in [0.3, 0.4) is 0 Å². The monoisotopic (exact) mass is 252 g/mol. The van der Waals surface area contributed by atoms with E-state index < -0.39 is 5.54 Å². The fourth-order valence-corrected chi connectivity index (χ4v) is 3.41. The summed E-state index contributed by atoms with van der Waals surface area (Å²) in [5.74, 6) is -0.0768. The smallest absolute Gasteiger partial charge is 0.212 e. The van der Waals surface area contributed by atoms with E-state index in [0.717, 1.165) is 25.2 Å². The summed E-state index contributed by atoms with van der Waals surface area (Å²) in [6.07, 6.45) is 1.50. The van der Waals surface area contributed by atoms with Gasteiger partial charge in [0.15, 0.2) is 5.01 Å². The SMILES string of the molecule is CN1CCc2nc(C(=O)C3(N)CC3N)sc2C1. The Morgan fingerprint density at radius 3 is 3.00 bits per heavy atom. The molecule has 0 bridgehead atoms. The molecule has 2 heterocycles. The maximum atomic E-state index is 12.2. The molecule has 2 aliphatic rings. The molecule has 1 aliphatic heterocycles. The fraction of sp³-hybridized carbons (Fsp3) is 0.636. The van der Waals surface area contributed by atoms with E-state index in [4.69, 9.17) is 11.5 Å². The number of carbonyl (C=O) groups is 1. The normalized spacial score (nSPS) is 32.3. The molecule has 2 atom stereocenters. The highest BCUT2D eigenvalue weighted by Crippen LogP contribution is 2.36. The van der Waals surface area contributed by atoms with Gasteiger partial charge in [0.2, 0.25) is 5.78 Å². The molecule has 1 aromatic heterocycles. The number of Topliss-reactive ketones (excluding diaryl/α,β-unsaturated/α-hetero) is 1. The number of hydrogen-bond acceptors (Lipinski definition) is 6. The molecule has 1 aromatic rings. The van der Waals surface area contributed by atoms with Gasteiger partial charge in [-0.1, -0.05) is 0 Å². The lowest BCUT2D eigenvalue weighted by molar-refractivity contribution is 0.0946. The first-order chi connectivity index (χ1) is 8.00. The van der Waals surface area contributed by atoms with Gasteiger partial charge in [0, 0.05) is 30.4 Å². The van der Waals surface area contributed by atoms with Gasteiger partial charge in [-0.3, -0.25) is 4.79 Å². The summed E-state index contributed by atoms with van der Waals surface area (Å²) in [6, 6.07) is -0.196. The first kappa shape index (κ1) is 11.3. The van der Waals surface area contributed by atoms with Gasteiger partial charge in [-0.05, 0) is 13.5 Å². The van der Waals surface area contributed by atoms with E-state index in [9.17, 15) is 4.79 Å². The summed E-state index contributed by atoms with van der Waals surface area (Å²) in [4.78, 5) is 20.0. The highest BCUT2D eigenvalue weighted by molar-refractivity contribution is 7.13. The third kappa shape index (κ3) is 1.72. The predicted molar refractivity (Wildman–Crippen MR) is 66.0 cm³/mol. The molecular weight excluding hydrogens is 236 g/mol. The highest BCUT2D eigenvalue weighted by Gasteiger charge is 2.56. The van der Waals surface area contributed by atoms with Crippen molar-refractivity contribution in [2.45, 2.75) is 31.0 Å². The van der Waals surface area contributed by atoms with Crippen LogP contribution >= 0.6 is 11.3 Å². The number of aromatic nitrogens is 1. The van der Waals surface area contributed by atoms with Crippen LogP contribution in [0.15, 0.2) is 0 Å². The van der Waals surface area contributed by atoms with Crippen molar-refractivity contribution in [3.05, 3.63) is 15.6 Å². The van der Waals surface area contributed by atoms with Gasteiger partial charge in [0.25, 0.3) is 0 Å². The molecule has 4 N–H and O–H groups in total. The molecule has 0 radical (unpaired) electrons. The van der Waals surface area contributed by atoms with Gasteiger partial charge >= 0.3 is 0 Å². The van der Waals surface area contributed by atoms with Crippen molar-refractivity contribution >= 4 is 17.1 Å². The summed E-state index contributed by atoms with van der Waals surface area (Å²) in [7, 11) is 2.07. The number of carbonyl (C=O) groups excluding carboxylic acids is 1. The van der Waals surface area contributed by atoms with Crippen LogP contribution < -0.4 is 11.5 Å². The van der Waals surface area contributed by atoms with Crippen molar-refractivity contribution in [1.29, 1.82) is 0 Å². The Morgan fingerprint density at radius 1 is 1.65 bits per heavy atom. The number of thiazole rings is 1. The summed E-state index contributed by atoms with van der Waals surface area (Å²) in [5, 5.41) is 0.542. The lowest BCUT2D eigenvalue weighted by Gasteiger charge is -2.20. The molecule has 1 aliphatic carbocycles. The van der Waals surface area contributed by atoms with Gasteiger partial charge in [0.1, 0.15) is 0 Å². The Hall–Kier alpha value is -0.820. The summed E-state index contributed by atoms with van der Waals surface area (Å²) in [6.45, 7) is 1.88. The van der Waals surface area contributed by atoms with Crippen LogP contribution in [0, 0.1) is 0 Å². The molecule has 0 spiro atoms. The Bertz CT molecular complexity index is 486. The predicted octanol–water partition coefficient (Wildman–Crippen LogP) is -0.258. The van der Waals surface area contributed by atoms with Crippen LogP contribution in [0.25, 0.3) is 0 Å². The zero-order chi connectivity index (χ0) is 12.2. The molecule has 2 unspecified atom stereocenters.